The third-order valence-electron chi connectivity index (χ3n) is 5.01. The molecule has 130 valence electrons. The number of carbonyl (C=O) groups is 2. The van der Waals surface area contributed by atoms with Gasteiger partial charge >= 0.3 is 12.0 Å². The summed E-state index contributed by atoms with van der Waals surface area (Å²) in [5, 5.41) is 0. The van der Waals surface area contributed by atoms with E-state index in [1.165, 1.54) is 9.80 Å². The molecule has 7 nitrogen and oxygen atoms in total. The van der Waals surface area contributed by atoms with Gasteiger partial charge in [0, 0.05) is 13.6 Å². The molecule has 1 atom stereocenters. The standard InChI is InChI=1S/C17H26N5O2/c1-7-8-9-20-15(23)13-14(19(6)17(20)24)18-16-21(10(2)3)11(4)12(5)22(13)16/h10,13H,7-9H2,1-6H3/q+1. The minimum atomic E-state index is -0.529. The summed E-state index contributed by atoms with van der Waals surface area (Å²) in [7, 11) is 1.70. The van der Waals surface area contributed by atoms with E-state index in [1.54, 1.807) is 7.05 Å². The van der Waals surface area contributed by atoms with Gasteiger partial charge in [-0.3, -0.25) is 14.6 Å². The van der Waals surface area contributed by atoms with Gasteiger partial charge in [0.05, 0.1) is 6.04 Å². The molecule has 0 saturated carbocycles. The predicted molar refractivity (Wildman–Crippen MR) is 90.4 cm³/mol. The summed E-state index contributed by atoms with van der Waals surface area (Å²) >= 11 is 0. The molecule has 3 rings (SSSR count). The molecular formula is C17H26N5O2+. The summed E-state index contributed by atoms with van der Waals surface area (Å²) in [5.41, 5.74) is 2.13. The summed E-state index contributed by atoms with van der Waals surface area (Å²) in [4.78, 5) is 33.2. The third-order valence-corrected chi connectivity index (χ3v) is 5.01. The second-order valence-corrected chi connectivity index (χ2v) is 6.86. The van der Waals surface area contributed by atoms with Gasteiger partial charge in [-0.25, -0.2) is 13.9 Å². The molecule has 0 N–H and O–H groups in total. The molecule has 0 radical (unpaired) electrons. The first-order valence-electron chi connectivity index (χ1n) is 8.61. The molecular weight excluding hydrogens is 306 g/mol. The highest BCUT2D eigenvalue weighted by Gasteiger charge is 2.54. The molecule has 0 spiro atoms. The Kier molecular flexibility index (Phi) is 3.97. The number of nitrogens with zero attached hydrogens (tertiary/aromatic N) is 5. The largest absolute Gasteiger partial charge is 0.402 e. The Labute approximate surface area is 142 Å². The second kappa shape index (κ2) is 5.72. The van der Waals surface area contributed by atoms with Gasteiger partial charge in [0.2, 0.25) is 11.9 Å². The van der Waals surface area contributed by atoms with E-state index in [4.69, 9.17) is 0 Å². The smallest absolute Gasteiger partial charge is 0.270 e. The van der Waals surface area contributed by atoms with Crippen LogP contribution in [-0.2, 0) is 4.79 Å². The van der Waals surface area contributed by atoms with E-state index in [0.29, 0.717) is 12.4 Å². The molecule has 1 unspecified atom stereocenters. The Hall–Kier alpha value is -2.18. The maximum atomic E-state index is 13.0. The van der Waals surface area contributed by atoms with Crippen LogP contribution in [0, 0.1) is 13.8 Å². The molecule has 1 aromatic heterocycles. The number of imide groups is 1. The molecule has 24 heavy (non-hydrogen) atoms. The summed E-state index contributed by atoms with van der Waals surface area (Å²) in [5.74, 6) is 1.12. The molecule has 3 amide bonds. The quantitative estimate of drug-likeness (QED) is 0.794. The van der Waals surface area contributed by atoms with Crippen LogP contribution < -0.4 is 4.57 Å². The molecule has 7 heteroatoms. The van der Waals surface area contributed by atoms with Crippen molar-refractivity contribution in [2.75, 3.05) is 13.6 Å². The fraction of sp³-hybridized carbons (Fsp3) is 0.647. The van der Waals surface area contributed by atoms with Crippen molar-refractivity contribution >= 4 is 23.7 Å². The number of rotatable bonds is 4. The predicted octanol–water partition coefficient (Wildman–Crippen LogP) is 2.25. The van der Waals surface area contributed by atoms with Gasteiger partial charge in [-0.15, -0.1) is 0 Å². The van der Waals surface area contributed by atoms with Crippen LogP contribution in [0.5, 0.6) is 0 Å². The molecule has 2 aliphatic rings. The maximum absolute atomic E-state index is 13.0. The van der Waals surface area contributed by atoms with Crippen LogP contribution >= 0.6 is 0 Å². The van der Waals surface area contributed by atoms with Crippen LogP contribution in [0.25, 0.3) is 0 Å². The number of unbranched alkanes of at least 4 members (excludes halogenated alkanes) is 1. The van der Waals surface area contributed by atoms with E-state index in [2.05, 4.69) is 23.4 Å². The first-order valence-corrected chi connectivity index (χ1v) is 8.61. The highest BCUT2D eigenvalue weighted by atomic mass is 16.2. The van der Waals surface area contributed by atoms with Crippen molar-refractivity contribution in [3.05, 3.63) is 11.4 Å². The zero-order valence-corrected chi connectivity index (χ0v) is 15.3. The molecule has 0 bridgehead atoms. The van der Waals surface area contributed by atoms with E-state index in [0.717, 1.165) is 30.2 Å². The van der Waals surface area contributed by atoms with Gasteiger partial charge in [-0.05, 0) is 34.1 Å². The molecule has 0 aliphatic carbocycles. The number of imidazole rings is 1. The van der Waals surface area contributed by atoms with E-state index in [1.807, 2.05) is 25.3 Å². The molecule has 2 aliphatic heterocycles. The summed E-state index contributed by atoms with van der Waals surface area (Å²) in [6, 6.07) is -0.574. The van der Waals surface area contributed by atoms with Crippen molar-refractivity contribution in [3.8, 4) is 0 Å². The van der Waals surface area contributed by atoms with Crippen molar-refractivity contribution in [2.24, 2.45) is 4.99 Å². The van der Waals surface area contributed by atoms with E-state index >= 15 is 0 Å². The molecule has 1 aromatic rings. The van der Waals surface area contributed by atoms with Crippen LogP contribution in [0.2, 0.25) is 0 Å². The number of fused-ring (bicyclic) bond motifs is 3. The summed E-state index contributed by atoms with van der Waals surface area (Å²) < 4.78 is 4.11. The van der Waals surface area contributed by atoms with Crippen LogP contribution in [0.4, 0.5) is 10.7 Å². The number of amidine groups is 1. The fourth-order valence-corrected chi connectivity index (χ4v) is 3.60. The second-order valence-electron chi connectivity index (χ2n) is 6.86. The van der Waals surface area contributed by atoms with Gasteiger partial charge in [0.25, 0.3) is 5.91 Å². The number of aromatic nitrogens is 2. The van der Waals surface area contributed by atoms with Crippen molar-refractivity contribution in [2.45, 2.75) is 59.5 Å². The van der Waals surface area contributed by atoms with Crippen LogP contribution in [-0.4, -0.2) is 45.7 Å². The van der Waals surface area contributed by atoms with Gasteiger partial charge in [0.15, 0.2) is 0 Å². The van der Waals surface area contributed by atoms with E-state index in [-0.39, 0.29) is 18.0 Å². The number of urea groups is 1. The van der Waals surface area contributed by atoms with Crippen LogP contribution in [0.1, 0.15) is 57.1 Å². The summed E-state index contributed by atoms with van der Waals surface area (Å²) in [6.07, 6.45) is 1.75. The number of aliphatic imine (C=N–C) groups is 1. The Balaban J connectivity index is 2.12. The van der Waals surface area contributed by atoms with Gasteiger partial charge in [-0.1, -0.05) is 18.3 Å². The zero-order valence-electron chi connectivity index (χ0n) is 15.3. The molecule has 3 heterocycles. The average Bonchev–Trinajstić information content (AvgIpc) is 3.02. The Morgan fingerprint density at radius 2 is 1.92 bits per heavy atom. The Morgan fingerprint density at radius 3 is 2.50 bits per heavy atom. The lowest BCUT2D eigenvalue weighted by atomic mass is 10.1. The Bertz CT molecular complexity index is 747. The molecule has 1 fully saturated rings. The number of hydrogen-bond acceptors (Lipinski definition) is 3. The number of likely N-dealkylation sites (N-methyl/N-ethyl adjacent to an activating group) is 1. The van der Waals surface area contributed by atoms with Crippen molar-refractivity contribution in [1.29, 1.82) is 0 Å². The first kappa shape index (κ1) is 16.7. The van der Waals surface area contributed by atoms with Crippen LogP contribution in [0.3, 0.4) is 0 Å². The summed E-state index contributed by atoms with van der Waals surface area (Å²) in [6.45, 7) is 10.8. The lowest BCUT2D eigenvalue weighted by molar-refractivity contribution is -0.683. The van der Waals surface area contributed by atoms with E-state index in [9.17, 15) is 9.59 Å². The lowest BCUT2D eigenvalue weighted by Gasteiger charge is -2.33. The molecule has 1 saturated heterocycles. The van der Waals surface area contributed by atoms with Gasteiger partial charge in [0.1, 0.15) is 11.4 Å². The SMILES string of the molecule is CCCCN1C(=O)C2C(=Nc3n(C(C)C)c(C)c(C)[n+]32)N(C)C1=O. The van der Waals surface area contributed by atoms with Gasteiger partial charge in [-0.2, -0.15) is 0 Å². The van der Waals surface area contributed by atoms with Crippen molar-refractivity contribution < 1.29 is 14.2 Å². The lowest BCUT2D eigenvalue weighted by Crippen LogP contribution is -2.63. The minimum Gasteiger partial charge on any atom is -0.270 e. The van der Waals surface area contributed by atoms with Gasteiger partial charge < -0.3 is 0 Å². The highest BCUT2D eigenvalue weighted by Crippen LogP contribution is 2.32. The normalized spacial score (nSPS) is 20.0. The fourth-order valence-electron chi connectivity index (χ4n) is 3.60. The number of carbonyl (C=O) groups excluding carboxylic acids is 2. The minimum absolute atomic E-state index is 0.168. The van der Waals surface area contributed by atoms with Crippen molar-refractivity contribution in [3.63, 3.8) is 0 Å². The van der Waals surface area contributed by atoms with Crippen molar-refractivity contribution in [1.82, 2.24) is 14.4 Å². The maximum Gasteiger partial charge on any atom is 0.402 e. The van der Waals surface area contributed by atoms with E-state index < -0.39 is 6.04 Å². The third kappa shape index (κ3) is 2.10. The monoisotopic (exact) mass is 332 g/mol. The highest BCUT2D eigenvalue weighted by molar-refractivity contribution is 6.19. The molecule has 0 aromatic carbocycles. The Morgan fingerprint density at radius 1 is 1.25 bits per heavy atom. The van der Waals surface area contributed by atoms with Crippen LogP contribution in [0.15, 0.2) is 4.99 Å². The zero-order chi connectivity index (χ0) is 17.8. The number of amides is 3. The number of hydrogen-bond donors (Lipinski definition) is 0. The average molecular weight is 332 g/mol. The topological polar surface area (TPSA) is 61.8 Å². The first-order chi connectivity index (χ1) is 11.3.